The average molecular weight is 213 g/mol. The Morgan fingerprint density at radius 3 is 2.93 bits per heavy atom. The number of benzene rings is 1. The lowest BCUT2D eigenvalue weighted by Crippen LogP contribution is -2.29. The number of aliphatic hydroxyl groups excluding tert-OH is 1. The molecule has 0 aliphatic heterocycles. The average Bonchev–Trinajstić information content (AvgIpc) is 2.20. The number of aryl methyl sites for hydroxylation is 1. The molecular formula is C11H16FNO2. The maximum atomic E-state index is 12.9. The molecule has 1 aromatic carbocycles. The van der Waals surface area contributed by atoms with Crippen molar-refractivity contribution >= 4 is 0 Å². The highest BCUT2D eigenvalue weighted by Crippen LogP contribution is 2.18. The van der Waals surface area contributed by atoms with Crippen molar-refractivity contribution in [2.75, 3.05) is 20.2 Å². The predicted molar refractivity (Wildman–Crippen MR) is 56.6 cm³/mol. The molecule has 0 amide bonds. The summed E-state index contributed by atoms with van der Waals surface area (Å²) in [5, 5.41) is 12.2. The molecule has 0 saturated heterocycles. The maximum absolute atomic E-state index is 12.9. The molecule has 1 unspecified atom stereocenters. The second kappa shape index (κ2) is 5.68. The first-order chi connectivity index (χ1) is 7.13. The predicted octanol–water partition coefficient (Wildman–Crippen LogP) is 1.09. The highest BCUT2D eigenvalue weighted by Gasteiger charge is 2.06. The van der Waals surface area contributed by atoms with Crippen molar-refractivity contribution in [3.63, 3.8) is 0 Å². The summed E-state index contributed by atoms with van der Waals surface area (Å²) in [7, 11) is 1.75. The zero-order valence-electron chi connectivity index (χ0n) is 8.96. The van der Waals surface area contributed by atoms with Crippen LogP contribution in [0.2, 0.25) is 0 Å². The smallest absolute Gasteiger partial charge is 0.126 e. The van der Waals surface area contributed by atoms with Crippen LogP contribution in [0.1, 0.15) is 5.56 Å². The molecule has 2 N–H and O–H groups in total. The van der Waals surface area contributed by atoms with Crippen molar-refractivity contribution in [1.82, 2.24) is 5.32 Å². The van der Waals surface area contributed by atoms with Crippen LogP contribution in [0.3, 0.4) is 0 Å². The third-order valence-corrected chi connectivity index (χ3v) is 2.02. The lowest BCUT2D eigenvalue weighted by Gasteiger charge is -2.13. The number of rotatable bonds is 5. The van der Waals surface area contributed by atoms with Gasteiger partial charge in [-0.05, 0) is 25.6 Å². The van der Waals surface area contributed by atoms with Crippen LogP contribution in [0.15, 0.2) is 18.2 Å². The van der Waals surface area contributed by atoms with E-state index in [-0.39, 0.29) is 12.4 Å². The van der Waals surface area contributed by atoms with Gasteiger partial charge in [-0.1, -0.05) is 6.07 Å². The summed E-state index contributed by atoms with van der Waals surface area (Å²) in [6, 6.07) is 4.35. The molecule has 0 radical (unpaired) electrons. The van der Waals surface area contributed by atoms with E-state index in [1.54, 1.807) is 13.1 Å². The highest BCUT2D eigenvalue weighted by atomic mass is 19.1. The SMILES string of the molecule is CNCC(O)COc1cc(F)ccc1C. The summed E-state index contributed by atoms with van der Waals surface area (Å²) in [6.07, 6.45) is -0.585. The van der Waals surface area contributed by atoms with Crippen molar-refractivity contribution in [3.05, 3.63) is 29.6 Å². The summed E-state index contributed by atoms with van der Waals surface area (Å²) >= 11 is 0. The van der Waals surface area contributed by atoms with Crippen molar-refractivity contribution < 1.29 is 14.2 Å². The Morgan fingerprint density at radius 1 is 1.53 bits per heavy atom. The van der Waals surface area contributed by atoms with E-state index < -0.39 is 6.10 Å². The lowest BCUT2D eigenvalue weighted by molar-refractivity contribution is 0.107. The molecule has 0 bridgehead atoms. The van der Waals surface area contributed by atoms with E-state index in [1.807, 2.05) is 6.92 Å². The highest BCUT2D eigenvalue weighted by molar-refractivity contribution is 5.32. The molecule has 0 aromatic heterocycles. The van der Waals surface area contributed by atoms with Gasteiger partial charge in [0, 0.05) is 12.6 Å². The van der Waals surface area contributed by atoms with E-state index in [1.165, 1.54) is 12.1 Å². The molecule has 3 nitrogen and oxygen atoms in total. The molecule has 0 aliphatic carbocycles. The fourth-order valence-corrected chi connectivity index (χ4v) is 1.21. The minimum atomic E-state index is -0.585. The quantitative estimate of drug-likeness (QED) is 0.769. The monoisotopic (exact) mass is 213 g/mol. The minimum Gasteiger partial charge on any atom is -0.490 e. The van der Waals surface area contributed by atoms with Crippen molar-refractivity contribution in [3.8, 4) is 5.75 Å². The molecule has 1 aromatic rings. The molecule has 4 heteroatoms. The van der Waals surface area contributed by atoms with Crippen LogP contribution in [0.25, 0.3) is 0 Å². The number of hydrogen-bond donors (Lipinski definition) is 2. The van der Waals surface area contributed by atoms with E-state index in [9.17, 15) is 9.50 Å². The number of aliphatic hydroxyl groups is 1. The van der Waals surface area contributed by atoms with Gasteiger partial charge in [0.25, 0.3) is 0 Å². The van der Waals surface area contributed by atoms with Gasteiger partial charge < -0.3 is 15.2 Å². The Kier molecular flexibility index (Phi) is 4.52. The van der Waals surface area contributed by atoms with Crippen LogP contribution >= 0.6 is 0 Å². The molecule has 84 valence electrons. The first kappa shape index (κ1) is 11.9. The van der Waals surface area contributed by atoms with E-state index in [2.05, 4.69) is 5.32 Å². The van der Waals surface area contributed by atoms with Gasteiger partial charge in [-0.25, -0.2) is 4.39 Å². The second-order valence-corrected chi connectivity index (χ2v) is 3.43. The van der Waals surface area contributed by atoms with Crippen LogP contribution in [-0.4, -0.2) is 31.4 Å². The third-order valence-electron chi connectivity index (χ3n) is 2.02. The number of ether oxygens (including phenoxy) is 1. The lowest BCUT2D eigenvalue weighted by atomic mass is 10.2. The van der Waals surface area contributed by atoms with Gasteiger partial charge in [-0.15, -0.1) is 0 Å². The number of nitrogens with one attached hydrogen (secondary N) is 1. The summed E-state index contributed by atoms with van der Waals surface area (Å²) < 4.78 is 18.2. The number of likely N-dealkylation sites (N-methyl/N-ethyl adjacent to an activating group) is 1. The van der Waals surface area contributed by atoms with E-state index in [0.717, 1.165) is 5.56 Å². The summed E-state index contributed by atoms with van der Waals surface area (Å²) in [4.78, 5) is 0. The van der Waals surface area contributed by atoms with Gasteiger partial charge >= 0.3 is 0 Å². The Morgan fingerprint density at radius 2 is 2.27 bits per heavy atom. The molecular weight excluding hydrogens is 197 g/mol. The van der Waals surface area contributed by atoms with Crippen LogP contribution in [0.5, 0.6) is 5.75 Å². The molecule has 0 fully saturated rings. The second-order valence-electron chi connectivity index (χ2n) is 3.43. The van der Waals surface area contributed by atoms with Crippen molar-refractivity contribution in [2.45, 2.75) is 13.0 Å². The fourth-order valence-electron chi connectivity index (χ4n) is 1.21. The molecule has 0 saturated carbocycles. The number of halogens is 1. The molecule has 0 heterocycles. The zero-order valence-corrected chi connectivity index (χ0v) is 8.96. The number of hydrogen-bond acceptors (Lipinski definition) is 3. The maximum Gasteiger partial charge on any atom is 0.126 e. The Labute approximate surface area is 88.9 Å². The third kappa shape index (κ3) is 3.85. The fraction of sp³-hybridized carbons (Fsp3) is 0.455. The topological polar surface area (TPSA) is 41.5 Å². The van der Waals surface area contributed by atoms with E-state index >= 15 is 0 Å². The largest absolute Gasteiger partial charge is 0.490 e. The van der Waals surface area contributed by atoms with Gasteiger partial charge in [-0.3, -0.25) is 0 Å². The molecule has 0 spiro atoms. The standard InChI is InChI=1S/C11H16FNO2/c1-8-3-4-9(12)5-11(8)15-7-10(14)6-13-2/h3-5,10,13-14H,6-7H2,1-2H3. The Hall–Kier alpha value is -1.13. The van der Waals surface area contributed by atoms with Crippen molar-refractivity contribution in [1.29, 1.82) is 0 Å². The van der Waals surface area contributed by atoms with Gasteiger partial charge in [-0.2, -0.15) is 0 Å². The van der Waals surface area contributed by atoms with Gasteiger partial charge in [0.1, 0.15) is 24.3 Å². The Bertz CT molecular complexity index is 317. The van der Waals surface area contributed by atoms with Gasteiger partial charge in [0.15, 0.2) is 0 Å². The minimum absolute atomic E-state index is 0.158. The molecule has 0 aliphatic rings. The van der Waals surface area contributed by atoms with Crippen LogP contribution < -0.4 is 10.1 Å². The van der Waals surface area contributed by atoms with Gasteiger partial charge in [0.2, 0.25) is 0 Å². The van der Waals surface area contributed by atoms with Crippen LogP contribution in [-0.2, 0) is 0 Å². The van der Waals surface area contributed by atoms with Crippen LogP contribution in [0, 0.1) is 12.7 Å². The first-order valence-electron chi connectivity index (χ1n) is 4.85. The van der Waals surface area contributed by atoms with Gasteiger partial charge in [0.05, 0.1) is 0 Å². The van der Waals surface area contributed by atoms with E-state index in [4.69, 9.17) is 4.74 Å². The first-order valence-corrected chi connectivity index (χ1v) is 4.85. The summed E-state index contributed by atoms with van der Waals surface area (Å²) in [6.45, 7) is 2.44. The summed E-state index contributed by atoms with van der Waals surface area (Å²) in [5.41, 5.74) is 0.855. The Balaban J connectivity index is 2.53. The zero-order chi connectivity index (χ0) is 11.3. The molecule has 15 heavy (non-hydrogen) atoms. The summed E-state index contributed by atoms with van der Waals surface area (Å²) in [5.74, 6) is 0.142. The van der Waals surface area contributed by atoms with Crippen molar-refractivity contribution in [2.24, 2.45) is 0 Å². The molecule has 1 rings (SSSR count). The van der Waals surface area contributed by atoms with E-state index in [0.29, 0.717) is 12.3 Å². The normalized spacial score (nSPS) is 12.5. The molecule has 1 atom stereocenters. The van der Waals surface area contributed by atoms with Crippen LogP contribution in [0.4, 0.5) is 4.39 Å².